The lowest BCUT2D eigenvalue weighted by Gasteiger charge is -2.20. The van der Waals surface area contributed by atoms with Crippen LogP contribution in [0, 0.1) is 0 Å². The fourth-order valence-electron chi connectivity index (χ4n) is 1.86. The van der Waals surface area contributed by atoms with Crippen LogP contribution >= 0.6 is 0 Å². The summed E-state index contributed by atoms with van der Waals surface area (Å²) in [6, 6.07) is 0.528. The van der Waals surface area contributed by atoms with E-state index < -0.39 is 0 Å². The van der Waals surface area contributed by atoms with E-state index in [1.807, 2.05) is 0 Å². The van der Waals surface area contributed by atoms with Gasteiger partial charge in [-0.1, -0.05) is 0 Å². The zero-order valence-corrected chi connectivity index (χ0v) is 10.1. The average molecular weight is 246 g/mol. The quantitative estimate of drug-likeness (QED) is 0.812. The lowest BCUT2D eigenvalue weighted by atomic mass is 10.5. The van der Waals surface area contributed by atoms with Crippen LogP contribution in [0.15, 0.2) is 12.7 Å². The van der Waals surface area contributed by atoms with Crippen LogP contribution in [0.5, 0.6) is 0 Å². The molecule has 94 valence electrons. The first-order valence-corrected chi connectivity index (χ1v) is 5.91. The molecule has 0 aromatic carbocycles. The molecule has 18 heavy (non-hydrogen) atoms. The van der Waals surface area contributed by atoms with Crippen molar-refractivity contribution in [1.29, 1.82) is 0 Å². The molecule has 0 amide bonds. The second kappa shape index (κ2) is 4.21. The van der Waals surface area contributed by atoms with Gasteiger partial charge in [0, 0.05) is 12.6 Å². The third-order valence-electron chi connectivity index (χ3n) is 2.84. The van der Waals surface area contributed by atoms with E-state index in [1.165, 1.54) is 30.2 Å². The van der Waals surface area contributed by atoms with E-state index in [1.54, 1.807) is 0 Å². The van der Waals surface area contributed by atoms with E-state index in [-0.39, 0.29) is 5.95 Å². The summed E-state index contributed by atoms with van der Waals surface area (Å²) >= 11 is 0. The molecule has 3 rings (SSSR count). The van der Waals surface area contributed by atoms with Crippen molar-refractivity contribution in [3.8, 4) is 5.95 Å². The molecule has 2 aromatic heterocycles. The molecule has 1 fully saturated rings. The Morgan fingerprint density at radius 3 is 2.83 bits per heavy atom. The Hall–Kier alpha value is -2.25. The molecular formula is C10H14N8. The number of hydrogen-bond acceptors (Lipinski definition) is 7. The fourth-order valence-corrected chi connectivity index (χ4v) is 1.86. The zero-order chi connectivity index (χ0) is 12.5. The summed E-state index contributed by atoms with van der Waals surface area (Å²) < 4.78 is 1.47. The van der Waals surface area contributed by atoms with Crippen LogP contribution in [0.2, 0.25) is 0 Å². The highest BCUT2D eigenvalue weighted by Gasteiger charge is 2.30. The monoisotopic (exact) mass is 246 g/mol. The second-order valence-electron chi connectivity index (χ2n) is 4.15. The molecule has 2 N–H and O–H groups in total. The summed E-state index contributed by atoms with van der Waals surface area (Å²) in [5, 5.41) is 3.99. The van der Waals surface area contributed by atoms with Gasteiger partial charge >= 0.3 is 0 Å². The molecular weight excluding hydrogens is 232 g/mol. The Morgan fingerprint density at radius 1 is 1.39 bits per heavy atom. The normalized spacial score (nSPS) is 14.7. The predicted octanol–water partition coefficient (Wildman–Crippen LogP) is 0.0232. The smallest absolute Gasteiger partial charge is 0.258 e. The van der Waals surface area contributed by atoms with E-state index in [4.69, 9.17) is 5.73 Å². The Labute approximate surface area is 104 Å². The molecule has 1 aliphatic rings. The minimum atomic E-state index is 0.199. The van der Waals surface area contributed by atoms with Gasteiger partial charge in [-0.2, -0.15) is 24.7 Å². The number of aromatic nitrogens is 6. The molecule has 1 saturated carbocycles. The zero-order valence-electron chi connectivity index (χ0n) is 10.1. The molecule has 0 radical (unpaired) electrons. The Balaban J connectivity index is 1.99. The number of nitrogens with two attached hydrogens (primary N) is 1. The van der Waals surface area contributed by atoms with Crippen LogP contribution in [0.1, 0.15) is 19.8 Å². The van der Waals surface area contributed by atoms with E-state index in [9.17, 15) is 0 Å². The molecule has 8 heteroatoms. The highest BCUT2D eigenvalue weighted by molar-refractivity contribution is 5.39. The standard InChI is InChI=1S/C10H14N8/c1-2-17(7-3-4-7)9-14-8(11)15-10(16-9)18-6-12-5-13-18/h5-7H,2-4H2,1H3,(H2,11,14,15,16). The van der Waals surface area contributed by atoms with E-state index in [0.717, 1.165) is 6.54 Å². The van der Waals surface area contributed by atoms with Gasteiger partial charge in [-0.25, -0.2) is 4.98 Å². The van der Waals surface area contributed by atoms with Crippen molar-refractivity contribution in [2.45, 2.75) is 25.8 Å². The number of anilines is 2. The van der Waals surface area contributed by atoms with E-state index in [0.29, 0.717) is 17.9 Å². The van der Waals surface area contributed by atoms with Gasteiger partial charge in [-0.15, -0.1) is 0 Å². The summed E-state index contributed by atoms with van der Waals surface area (Å²) in [6.07, 6.45) is 5.32. The van der Waals surface area contributed by atoms with Crippen molar-refractivity contribution in [2.75, 3.05) is 17.2 Å². The molecule has 0 aliphatic heterocycles. The van der Waals surface area contributed by atoms with Gasteiger partial charge in [0.05, 0.1) is 0 Å². The summed E-state index contributed by atoms with van der Waals surface area (Å²) in [7, 11) is 0. The maximum Gasteiger partial charge on any atom is 0.258 e. The fraction of sp³-hybridized carbons (Fsp3) is 0.500. The van der Waals surface area contributed by atoms with Gasteiger partial charge in [-0.05, 0) is 19.8 Å². The molecule has 0 saturated heterocycles. The van der Waals surface area contributed by atoms with Crippen molar-refractivity contribution in [1.82, 2.24) is 29.7 Å². The topological polar surface area (TPSA) is 98.6 Å². The van der Waals surface area contributed by atoms with Crippen molar-refractivity contribution in [3.05, 3.63) is 12.7 Å². The molecule has 0 spiro atoms. The van der Waals surface area contributed by atoms with Gasteiger partial charge in [0.15, 0.2) is 0 Å². The Kier molecular flexibility index (Phi) is 2.54. The van der Waals surface area contributed by atoms with Crippen LogP contribution in [0.3, 0.4) is 0 Å². The second-order valence-corrected chi connectivity index (χ2v) is 4.15. The maximum absolute atomic E-state index is 5.73. The first-order valence-electron chi connectivity index (χ1n) is 5.91. The molecule has 1 aliphatic carbocycles. The summed E-state index contributed by atoms with van der Waals surface area (Å²) in [6.45, 7) is 2.93. The average Bonchev–Trinajstić information content (AvgIpc) is 3.04. The first kappa shape index (κ1) is 10.9. The molecule has 2 aromatic rings. The highest BCUT2D eigenvalue weighted by Crippen LogP contribution is 2.29. The number of nitrogen functional groups attached to an aromatic ring is 1. The van der Waals surface area contributed by atoms with Gasteiger partial charge in [0.25, 0.3) is 5.95 Å². The predicted molar refractivity (Wildman–Crippen MR) is 65.2 cm³/mol. The largest absolute Gasteiger partial charge is 0.368 e. The van der Waals surface area contributed by atoms with Crippen molar-refractivity contribution < 1.29 is 0 Å². The van der Waals surface area contributed by atoms with E-state index >= 15 is 0 Å². The van der Waals surface area contributed by atoms with Gasteiger partial charge in [0.1, 0.15) is 12.7 Å². The van der Waals surface area contributed by atoms with Crippen molar-refractivity contribution in [2.24, 2.45) is 0 Å². The van der Waals surface area contributed by atoms with Gasteiger partial charge < -0.3 is 10.6 Å². The Morgan fingerprint density at radius 2 is 2.22 bits per heavy atom. The third-order valence-corrected chi connectivity index (χ3v) is 2.84. The summed E-state index contributed by atoms with van der Waals surface area (Å²) in [5.41, 5.74) is 5.73. The minimum Gasteiger partial charge on any atom is -0.368 e. The minimum absolute atomic E-state index is 0.199. The highest BCUT2D eigenvalue weighted by atomic mass is 15.4. The number of hydrogen-bond donors (Lipinski definition) is 1. The van der Waals surface area contributed by atoms with Gasteiger partial charge in [0.2, 0.25) is 11.9 Å². The summed E-state index contributed by atoms with van der Waals surface area (Å²) in [5.74, 6) is 1.21. The van der Waals surface area contributed by atoms with Crippen LogP contribution < -0.4 is 10.6 Å². The third kappa shape index (κ3) is 1.96. The molecule has 0 atom stereocenters. The maximum atomic E-state index is 5.73. The molecule has 8 nitrogen and oxygen atoms in total. The van der Waals surface area contributed by atoms with Crippen LogP contribution in [0.4, 0.5) is 11.9 Å². The van der Waals surface area contributed by atoms with Crippen molar-refractivity contribution in [3.63, 3.8) is 0 Å². The number of rotatable bonds is 4. The van der Waals surface area contributed by atoms with Crippen LogP contribution in [-0.2, 0) is 0 Å². The number of nitrogens with zero attached hydrogens (tertiary/aromatic N) is 7. The van der Waals surface area contributed by atoms with Gasteiger partial charge in [-0.3, -0.25) is 0 Å². The molecule has 2 heterocycles. The van der Waals surface area contributed by atoms with Crippen molar-refractivity contribution >= 4 is 11.9 Å². The van der Waals surface area contributed by atoms with Crippen LogP contribution in [0.25, 0.3) is 5.95 Å². The summed E-state index contributed by atoms with van der Waals surface area (Å²) in [4.78, 5) is 18.7. The Bertz CT molecular complexity index is 533. The molecule has 0 bridgehead atoms. The lowest BCUT2D eigenvalue weighted by molar-refractivity contribution is 0.748. The molecule has 0 unspecified atom stereocenters. The van der Waals surface area contributed by atoms with E-state index in [2.05, 4.69) is 36.9 Å². The lowest BCUT2D eigenvalue weighted by Crippen LogP contribution is -2.28. The first-order chi connectivity index (χ1) is 8.78. The SMILES string of the molecule is CCN(c1nc(N)nc(-n2cncn2)n1)C1CC1. The van der Waals surface area contributed by atoms with Crippen LogP contribution in [-0.4, -0.2) is 42.3 Å².